The van der Waals surface area contributed by atoms with E-state index in [0.717, 1.165) is 22.3 Å². The molecule has 6 nitrogen and oxygen atoms in total. The van der Waals surface area contributed by atoms with Crippen molar-refractivity contribution in [3.63, 3.8) is 0 Å². The van der Waals surface area contributed by atoms with Crippen LogP contribution in [0.3, 0.4) is 0 Å². The summed E-state index contributed by atoms with van der Waals surface area (Å²) in [7, 11) is -2.45. The molecule has 0 atom stereocenters. The van der Waals surface area contributed by atoms with Gasteiger partial charge in [0.05, 0.1) is 23.2 Å². The molecule has 0 unspecified atom stereocenters. The average Bonchev–Trinajstić information content (AvgIpc) is 2.93. The highest BCUT2D eigenvalue weighted by atomic mass is 35.5. The van der Waals surface area contributed by atoms with Crippen molar-refractivity contribution in [3.05, 3.63) is 47.0 Å². The summed E-state index contributed by atoms with van der Waals surface area (Å²) in [6.07, 6.45) is -3.20. The van der Waals surface area contributed by atoms with E-state index >= 15 is 0 Å². The van der Waals surface area contributed by atoms with Crippen molar-refractivity contribution in [2.24, 2.45) is 7.05 Å². The molecule has 1 aromatic heterocycles. The Hall–Kier alpha value is -1.62. The van der Waals surface area contributed by atoms with Crippen molar-refractivity contribution in [2.75, 3.05) is 26.2 Å². The number of hydrogen-bond acceptors (Lipinski definition) is 4. The van der Waals surface area contributed by atoms with Gasteiger partial charge in [0.15, 0.2) is 0 Å². The predicted molar refractivity (Wildman–Crippen MR) is 93.7 cm³/mol. The average molecular weight is 423 g/mol. The number of alkyl halides is 3. The van der Waals surface area contributed by atoms with Crippen LogP contribution in [-0.2, 0) is 29.8 Å². The second-order valence-electron chi connectivity index (χ2n) is 6.23. The van der Waals surface area contributed by atoms with E-state index in [1.54, 1.807) is 11.6 Å². The molecule has 1 aliphatic rings. The minimum absolute atomic E-state index is 0.104. The summed E-state index contributed by atoms with van der Waals surface area (Å²) in [5.41, 5.74) is -1.14. The number of halogens is 4. The minimum Gasteiger partial charge on any atom is -0.321 e. The fourth-order valence-corrected chi connectivity index (χ4v) is 4.74. The van der Waals surface area contributed by atoms with E-state index in [4.69, 9.17) is 11.6 Å². The van der Waals surface area contributed by atoms with Crippen molar-refractivity contribution in [1.29, 1.82) is 0 Å². The molecule has 27 heavy (non-hydrogen) atoms. The van der Waals surface area contributed by atoms with Crippen LogP contribution in [0.25, 0.3) is 0 Å². The molecule has 3 rings (SSSR count). The van der Waals surface area contributed by atoms with Gasteiger partial charge in [0, 0.05) is 33.2 Å². The van der Waals surface area contributed by atoms with Crippen molar-refractivity contribution in [2.45, 2.75) is 17.6 Å². The standard InChI is InChI=1S/C16H18ClF3N4O2S/c1-22-14(17)10-21-15(22)11-23-6-8-24(9-7-23)27(25,26)13-5-3-2-4-12(13)16(18,19)20/h2-5,10H,6-9,11H2,1H3. The van der Waals surface area contributed by atoms with E-state index in [1.807, 2.05) is 4.90 Å². The molecular weight excluding hydrogens is 405 g/mol. The lowest BCUT2D eigenvalue weighted by atomic mass is 10.2. The van der Waals surface area contributed by atoms with Crippen LogP contribution < -0.4 is 0 Å². The summed E-state index contributed by atoms with van der Waals surface area (Å²) in [5.74, 6) is 0.735. The van der Waals surface area contributed by atoms with Crippen molar-refractivity contribution < 1.29 is 21.6 Å². The number of nitrogens with zero attached hydrogens (tertiary/aromatic N) is 4. The number of sulfonamides is 1. The van der Waals surface area contributed by atoms with Crippen LogP contribution in [0.2, 0.25) is 5.15 Å². The Balaban J connectivity index is 1.73. The molecule has 0 amide bonds. The molecule has 0 N–H and O–H groups in total. The quantitative estimate of drug-likeness (QED) is 0.760. The van der Waals surface area contributed by atoms with Crippen molar-refractivity contribution >= 4 is 21.6 Å². The molecule has 0 radical (unpaired) electrons. The highest BCUT2D eigenvalue weighted by Crippen LogP contribution is 2.35. The van der Waals surface area contributed by atoms with Gasteiger partial charge in [0.2, 0.25) is 10.0 Å². The molecule has 0 spiro atoms. The monoisotopic (exact) mass is 422 g/mol. The molecule has 0 aliphatic carbocycles. The van der Waals surface area contributed by atoms with E-state index in [0.29, 0.717) is 24.8 Å². The Morgan fingerprint density at radius 3 is 2.33 bits per heavy atom. The van der Waals surface area contributed by atoms with Crippen molar-refractivity contribution in [3.8, 4) is 0 Å². The zero-order chi connectivity index (χ0) is 19.8. The van der Waals surface area contributed by atoms with Crippen LogP contribution in [0.5, 0.6) is 0 Å². The van der Waals surface area contributed by atoms with Crippen LogP contribution in [0.4, 0.5) is 13.2 Å². The Kier molecular flexibility index (Phi) is 5.53. The first-order valence-corrected chi connectivity index (χ1v) is 9.97. The number of aromatic nitrogens is 2. The summed E-state index contributed by atoms with van der Waals surface area (Å²) in [5, 5.41) is 0.495. The Labute approximate surface area is 160 Å². The SMILES string of the molecule is Cn1c(Cl)cnc1CN1CCN(S(=O)(=O)c2ccccc2C(F)(F)F)CC1. The first kappa shape index (κ1) is 20.1. The third-order valence-corrected chi connectivity index (χ3v) is 6.84. The summed E-state index contributed by atoms with van der Waals surface area (Å²) < 4.78 is 67.9. The first-order chi connectivity index (χ1) is 12.6. The van der Waals surface area contributed by atoms with E-state index in [2.05, 4.69) is 4.98 Å². The Morgan fingerprint density at radius 2 is 1.78 bits per heavy atom. The van der Waals surface area contributed by atoms with Gasteiger partial charge >= 0.3 is 6.18 Å². The van der Waals surface area contributed by atoms with Gasteiger partial charge in [-0.05, 0) is 12.1 Å². The normalized spacial score (nSPS) is 17.4. The van der Waals surface area contributed by atoms with Crippen LogP contribution in [0, 0.1) is 0 Å². The summed E-state index contributed by atoms with van der Waals surface area (Å²) in [6.45, 7) is 1.46. The fourth-order valence-electron chi connectivity index (χ4n) is 2.96. The number of imidazole rings is 1. The minimum atomic E-state index is -4.73. The molecule has 1 fully saturated rings. The maximum atomic E-state index is 13.2. The number of benzene rings is 1. The fraction of sp³-hybridized carbons (Fsp3) is 0.438. The first-order valence-electron chi connectivity index (χ1n) is 8.15. The second-order valence-corrected chi connectivity index (χ2v) is 8.52. The number of hydrogen-bond donors (Lipinski definition) is 0. The Morgan fingerprint density at radius 1 is 1.15 bits per heavy atom. The van der Waals surface area contributed by atoms with Gasteiger partial charge in [-0.2, -0.15) is 17.5 Å². The maximum absolute atomic E-state index is 13.2. The van der Waals surface area contributed by atoms with E-state index in [9.17, 15) is 21.6 Å². The maximum Gasteiger partial charge on any atom is 0.417 e. The van der Waals surface area contributed by atoms with E-state index < -0.39 is 26.7 Å². The zero-order valence-electron chi connectivity index (χ0n) is 14.4. The van der Waals surface area contributed by atoms with Gasteiger partial charge in [0.1, 0.15) is 11.0 Å². The van der Waals surface area contributed by atoms with Gasteiger partial charge in [-0.1, -0.05) is 23.7 Å². The largest absolute Gasteiger partial charge is 0.417 e. The number of piperazine rings is 1. The predicted octanol–water partition coefficient (Wildman–Crippen LogP) is 2.60. The van der Waals surface area contributed by atoms with Gasteiger partial charge in [0.25, 0.3) is 0 Å². The van der Waals surface area contributed by atoms with Gasteiger partial charge < -0.3 is 4.57 Å². The summed E-state index contributed by atoms with van der Waals surface area (Å²) in [6, 6.07) is 4.26. The van der Waals surface area contributed by atoms with Crippen LogP contribution in [0.1, 0.15) is 11.4 Å². The molecule has 0 saturated carbocycles. The highest BCUT2D eigenvalue weighted by Gasteiger charge is 2.39. The van der Waals surface area contributed by atoms with E-state index in [-0.39, 0.29) is 13.1 Å². The smallest absolute Gasteiger partial charge is 0.321 e. The molecule has 1 aromatic carbocycles. The molecular formula is C16H18ClF3N4O2S. The van der Waals surface area contributed by atoms with E-state index in [1.165, 1.54) is 18.3 Å². The van der Waals surface area contributed by atoms with Gasteiger partial charge in [-0.15, -0.1) is 0 Å². The summed E-state index contributed by atoms with van der Waals surface area (Å²) in [4.78, 5) is 5.48. The van der Waals surface area contributed by atoms with Crippen LogP contribution in [-0.4, -0.2) is 53.4 Å². The van der Waals surface area contributed by atoms with Gasteiger partial charge in [-0.3, -0.25) is 4.90 Å². The molecule has 1 aliphatic heterocycles. The molecule has 0 bridgehead atoms. The topological polar surface area (TPSA) is 58.4 Å². The molecule has 2 aromatic rings. The molecule has 148 valence electrons. The highest BCUT2D eigenvalue weighted by molar-refractivity contribution is 7.89. The summed E-state index contributed by atoms with van der Waals surface area (Å²) >= 11 is 5.95. The van der Waals surface area contributed by atoms with Crippen LogP contribution >= 0.6 is 11.6 Å². The molecule has 1 saturated heterocycles. The number of rotatable bonds is 4. The van der Waals surface area contributed by atoms with Crippen molar-refractivity contribution in [1.82, 2.24) is 18.8 Å². The second kappa shape index (κ2) is 7.42. The molecule has 11 heteroatoms. The molecule has 2 heterocycles. The lowest BCUT2D eigenvalue weighted by molar-refractivity contribution is -0.139. The zero-order valence-corrected chi connectivity index (χ0v) is 16.0. The lowest BCUT2D eigenvalue weighted by Crippen LogP contribution is -2.48. The Bertz CT molecular complexity index is 922. The third-order valence-electron chi connectivity index (χ3n) is 4.53. The van der Waals surface area contributed by atoms with Gasteiger partial charge in [-0.25, -0.2) is 13.4 Å². The third kappa shape index (κ3) is 4.13. The lowest BCUT2D eigenvalue weighted by Gasteiger charge is -2.34. The van der Waals surface area contributed by atoms with Crippen LogP contribution in [0.15, 0.2) is 35.4 Å².